The van der Waals surface area contributed by atoms with Gasteiger partial charge in [-0.25, -0.2) is 8.42 Å². The lowest BCUT2D eigenvalue weighted by atomic mass is 10.2. The van der Waals surface area contributed by atoms with Crippen LogP contribution >= 0.6 is 0 Å². The Kier molecular flexibility index (Phi) is 7.28. The van der Waals surface area contributed by atoms with Crippen molar-refractivity contribution in [3.63, 3.8) is 0 Å². The van der Waals surface area contributed by atoms with E-state index in [2.05, 4.69) is 6.92 Å². The van der Waals surface area contributed by atoms with Gasteiger partial charge < -0.3 is 5.73 Å². The molecule has 0 aromatic rings. The smallest absolute Gasteiger partial charge is 0.150 e. The van der Waals surface area contributed by atoms with Crippen molar-refractivity contribution in [2.75, 3.05) is 18.1 Å². The molecule has 0 radical (unpaired) electrons. The summed E-state index contributed by atoms with van der Waals surface area (Å²) in [5.41, 5.74) is 5.25. The van der Waals surface area contributed by atoms with Crippen LogP contribution in [0.15, 0.2) is 0 Å². The molecule has 0 aliphatic carbocycles. The second-order valence-corrected chi connectivity index (χ2v) is 5.66. The molecule has 0 aliphatic rings. The highest BCUT2D eigenvalue weighted by Gasteiger charge is 2.08. The Morgan fingerprint density at radius 2 is 1.62 bits per heavy atom. The summed E-state index contributed by atoms with van der Waals surface area (Å²) in [7, 11) is -2.80. The van der Waals surface area contributed by atoms with Crippen LogP contribution in [0.3, 0.4) is 0 Å². The zero-order chi connectivity index (χ0) is 10.2. The normalized spacial score (nSPS) is 11.8. The standard InChI is InChI=1S/C9H21NO2S/c1-2-3-4-5-8-13(11,12)9-6-7-10/h2-10H2,1H3. The van der Waals surface area contributed by atoms with Crippen molar-refractivity contribution in [1.82, 2.24) is 0 Å². The predicted octanol–water partition coefficient (Wildman–Crippen LogP) is 1.33. The first-order chi connectivity index (χ1) is 6.12. The van der Waals surface area contributed by atoms with E-state index in [1.165, 1.54) is 0 Å². The molecule has 0 aromatic carbocycles. The molecule has 0 bridgehead atoms. The van der Waals surface area contributed by atoms with Crippen LogP contribution in [0, 0.1) is 0 Å². The summed E-state index contributed by atoms with van der Waals surface area (Å²) < 4.78 is 22.6. The van der Waals surface area contributed by atoms with Gasteiger partial charge in [0, 0.05) is 0 Å². The number of nitrogens with two attached hydrogens (primary N) is 1. The number of sulfone groups is 1. The van der Waals surface area contributed by atoms with Gasteiger partial charge >= 0.3 is 0 Å². The van der Waals surface area contributed by atoms with Crippen LogP contribution in [-0.4, -0.2) is 26.5 Å². The maximum Gasteiger partial charge on any atom is 0.150 e. The Hall–Kier alpha value is -0.0900. The molecule has 0 rings (SSSR count). The number of hydrogen-bond donors (Lipinski definition) is 1. The van der Waals surface area contributed by atoms with Gasteiger partial charge in [0.25, 0.3) is 0 Å². The lowest BCUT2D eigenvalue weighted by molar-refractivity contribution is 0.586. The highest BCUT2D eigenvalue weighted by Crippen LogP contribution is 2.03. The molecule has 80 valence electrons. The van der Waals surface area contributed by atoms with Gasteiger partial charge in [-0.1, -0.05) is 26.2 Å². The molecule has 0 aromatic heterocycles. The minimum Gasteiger partial charge on any atom is -0.330 e. The largest absolute Gasteiger partial charge is 0.330 e. The van der Waals surface area contributed by atoms with E-state index >= 15 is 0 Å². The number of hydrogen-bond acceptors (Lipinski definition) is 3. The fourth-order valence-corrected chi connectivity index (χ4v) is 2.61. The van der Waals surface area contributed by atoms with Crippen molar-refractivity contribution in [3.8, 4) is 0 Å². The summed E-state index contributed by atoms with van der Waals surface area (Å²) in [4.78, 5) is 0. The second kappa shape index (κ2) is 7.33. The molecule has 0 amide bonds. The quantitative estimate of drug-likeness (QED) is 0.611. The third-order valence-corrected chi connectivity index (χ3v) is 3.79. The molecule has 0 spiro atoms. The van der Waals surface area contributed by atoms with Crippen molar-refractivity contribution in [2.45, 2.75) is 39.0 Å². The molecule has 0 atom stereocenters. The van der Waals surface area contributed by atoms with Gasteiger partial charge in [-0.2, -0.15) is 0 Å². The molecule has 0 unspecified atom stereocenters. The van der Waals surface area contributed by atoms with Crippen LogP contribution in [0.25, 0.3) is 0 Å². The Labute approximate surface area is 81.6 Å². The van der Waals surface area contributed by atoms with Crippen LogP contribution in [0.2, 0.25) is 0 Å². The van der Waals surface area contributed by atoms with Gasteiger partial charge in [0.05, 0.1) is 11.5 Å². The molecule has 2 N–H and O–H groups in total. The van der Waals surface area contributed by atoms with Crippen LogP contribution < -0.4 is 5.73 Å². The van der Waals surface area contributed by atoms with E-state index in [1.54, 1.807) is 0 Å². The molecule has 0 saturated heterocycles. The molecule has 0 aliphatic heterocycles. The molecule has 0 fully saturated rings. The summed E-state index contributed by atoms with van der Waals surface area (Å²) in [5.74, 6) is 0.600. The van der Waals surface area contributed by atoms with Gasteiger partial charge in [0.2, 0.25) is 0 Å². The molecular weight excluding hydrogens is 186 g/mol. The Morgan fingerprint density at radius 3 is 2.15 bits per heavy atom. The number of unbranched alkanes of at least 4 members (excludes halogenated alkanes) is 3. The summed E-state index contributed by atoms with van der Waals surface area (Å²) in [6.07, 6.45) is 4.70. The van der Waals surface area contributed by atoms with Crippen LogP contribution in [-0.2, 0) is 9.84 Å². The second-order valence-electron chi connectivity index (χ2n) is 3.35. The maximum absolute atomic E-state index is 11.3. The average Bonchev–Trinajstić information content (AvgIpc) is 2.09. The molecule has 0 saturated carbocycles. The highest BCUT2D eigenvalue weighted by atomic mass is 32.2. The number of rotatable bonds is 8. The highest BCUT2D eigenvalue weighted by molar-refractivity contribution is 7.91. The van der Waals surface area contributed by atoms with Crippen molar-refractivity contribution >= 4 is 9.84 Å². The van der Waals surface area contributed by atoms with E-state index < -0.39 is 9.84 Å². The van der Waals surface area contributed by atoms with E-state index in [0.29, 0.717) is 18.7 Å². The Balaban J connectivity index is 3.52. The fraction of sp³-hybridized carbons (Fsp3) is 1.00. The lowest BCUT2D eigenvalue weighted by Gasteiger charge is -2.02. The van der Waals surface area contributed by atoms with E-state index in [1.807, 2.05) is 0 Å². The first-order valence-corrected chi connectivity index (χ1v) is 6.85. The molecule has 3 nitrogen and oxygen atoms in total. The summed E-state index contributed by atoms with van der Waals surface area (Å²) in [6.45, 7) is 2.58. The topological polar surface area (TPSA) is 60.2 Å². The minimum absolute atomic E-state index is 0.260. The molecule has 0 heterocycles. The van der Waals surface area contributed by atoms with Crippen molar-refractivity contribution in [3.05, 3.63) is 0 Å². The maximum atomic E-state index is 11.3. The van der Waals surface area contributed by atoms with Crippen LogP contribution in [0.4, 0.5) is 0 Å². The van der Waals surface area contributed by atoms with Gasteiger partial charge in [-0.15, -0.1) is 0 Å². The van der Waals surface area contributed by atoms with Crippen molar-refractivity contribution < 1.29 is 8.42 Å². The van der Waals surface area contributed by atoms with E-state index in [9.17, 15) is 8.42 Å². The first kappa shape index (κ1) is 12.9. The molecular formula is C9H21NO2S. The third kappa shape index (κ3) is 8.25. The summed E-state index contributed by atoms with van der Waals surface area (Å²) >= 11 is 0. The van der Waals surface area contributed by atoms with Crippen molar-refractivity contribution in [2.24, 2.45) is 5.73 Å². The van der Waals surface area contributed by atoms with Crippen molar-refractivity contribution in [1.29, 1.82) is 0 Å². The average molecular weight is 207 g/mol. The lowest BCUT2D eigenvalue weighted by Crippen LogP contribution is -2.14. The summed E-state index contributed by atoms with van der Waals surface area (Å²) in [6, 6.07) is 0. The van der Waals surface area contributed by atoms with E-state index in [-0.39, 0.29) is 5.75 Å². The van der Waals surface area contributed by atoms with Gasteiger partial charge in [-0.3, -0.25) is 0 Å². The van der Waals surface area contributed by atoms with Gasteiger partial charge in [0.15, 0.2) is 0 Å². The summed E-state index contributed by atoms with van der Waals surface area (Å²) in [5, 5.41) is 0. The SMILES string of the molecule is CCCCCCS(=O)(=O)CCCN. The van der Waals surface area contributed by atoms with Gasteiger partial charge in [0.1, 0.15) is 9.84 Å². The monoisotopic (exact) mass is 207 g/mol. The molecule has 4 heteroatoms. The predicted molar refractivity (Wildman–Crippen MR) is 56.5 cm³/mol. The van der Waals surface area contributed by atoms with E-state index in [4.69, 9.17) is 5.73 Å². The van der Waals surface area contributed by atoms with E-state index in [0.717, 1.165) is 25.7 Å². The van der Waals surface area contributed by atoms with Crippen LogP contribution in [0.5, 0.6) is 0 Å². The third-order valence-electron chi connectivity index (χ3n) is 1.97. The Bertz CT molecular complexity index is 200. The fourth-order valence-electron chi connectivity index (χ4n) is 1.15. The van der Waals surface area contributed by atoms with Gasteiger partial charge in [-0.05, 0) is 19.4 Å². The Morgan fingerprint density at radius 1 is 1.00 bits per heavy atom. The minimum atomic E-state index is -2.80. The van der Waals surface area contributed by atoms with Crippen LogP contribution in [0.1, 0.15) is 39.0 Å². The zero-order valence-corrected chi connectivity index (χ0v) is 9.28. The zero-order valence-electron chi connectivity index (χ0n) is 8.46. The first-order valence-electron chi connectivity index (χ1n) is 5.03. The molecule has 13 heavy (non-hydrogen) atoms.